The van der Waals surface area contributed by atoms with Gasteiger partial charge in [-0.3, -0.25) is 0 Å². The summed E-state index contributed by atoms with van der Waals surface area (Å²) in [6.07, 6.45) is 0.907. The van der Waals surface area contributed by atoms with Crippen molar-refractivity contribution in [1.82, 2.24) is 15.0 Å². The molecule has 0 radical (unpaired) electrons. The van der Waals surface area contributed by atoms with Gasteiger partial charge in [0, 0.05) is 6.61 Å². The molecule has 0 bridgehead atoms. The van der Waals surface area contributed by atoms with E-state index in [0.29, 0.717) is 24.8 Å². The number of carbonyl (C=O) groups excluding carboxylic acids is 1. The fourth-order valence-electron chi connectivity index (χ4n) is 1.90. The molecule has 0 N–H and O–H groups in total. The van der Waals surface area contributed by atoms with Crippen LogP contribution >= 0.6 is 0 Å². The first kappa shape index (κ1) is 13.0. The molecular weight excluding hydrogens is 234 g/mol. The summed E-state index contributed by atoms with van der Waals surface area (Å²) >= 11 is 0. The van der Waals surface area contributed by atoms with Gasteiger partial charge in [0.05, 0.1) is 24.9 Å². The molecule has 1 aromatic heterocycles. The Hall–Kier alpha value is -1.43. The zero-order chi connectivity index (χ0) is 13.1. The highest BCUT2D eigenvalue weighted by molar-refractivity contribution is 5.88. The Bertz CT molecular complexity index is 422. The van der Waals surface area contributed by atoms with Crippen molar-refractivity contribution in [2.75, 3.05) is 19.8 Å². The second-order valence-corrected chi connectivity index (χ2v) is 4.98. The van der Waals surface area contributed by atoms with Crippen molar-refractivity contribution in [2.45, 2.75) is 33.2 Å². The first-order valence-corrected chi connectivity index (χ1v) is 6.26. The Balaban J connectivity index is 2.07. The molecule has 0 aliphatic carbocycles. The first-order chi connectivity index (χ1) is 8.59. The molecule has 1 aliphatic heterocycles. The highest BCUT2D eigenvalue weighted by Gasteiger charge is 2.25. The molecule has 0 amide bonds. The number of carbonyl (C=O) groups is 1. The third-order valence-electron chi connectivity index (χ3n) is 2.92. The highest BCUT2D eigenvalue weighted by atomic mass is 16.5. The Morgan fingerprint density at radius 3 is 3.00 bits per heavy atom. The predicted molar refractivity (Wildman–Crippen MR) is 64.4 cm³/mol. The van der Waals surface area contributed by atoms with E-state index in [9.17, 15) is 4.79 Å². The maximum Gasteiger partial charge on any atom is 0.360 e. The van der Waals surface area contributed by atoms with Crippen LogP contribution in [-0.2, 0) is 9.47 Å². The van der Waals surface area contributed by atoms with Crippen LogP contribution in [0.3, 0.4) is 0 Å². The number of rotatable bonds is 4. The van der Waals surface area contributed by atoms with Gasteiger partial charge in [-0.25, -0.2) is 9.48 Å². The molecule has 18 heavy (non-hydrogen) atoms. The van der Waals surface area contributed by atoms with E-state index in [1.807, 2.05) is 20.8 Å². The Labute approximate surface area is 106 Å². The third kappa shape index (κ3) is 2.69. The van der Waals surface area contributed by atoms with E-state index in [0.717, 1.165) is 18.7 Å². The van der Waals surface area contributed by atoms with Gasteiger partial charge in [0.25, 0.3) is 0 Å². The molecule has 0 saturated carbocycles. The summed E-state index contributed by atoms with van der Waals surface area (Å²) in [6.45, 7) is 7.59. The molecule has 6 nitrogen and oxygen atoms in total. The summed E-state index contributed by atoms with van der Waals surface area (Å²) < 4.78 is 12.2. The monoisotopic (exact) mass is 253 g/mol. The van der Waals surface area contributed by atoms with Crippen molar-refractivity contribution in [3.8, 4) is 0 Å². The van der Waals surface area contributed by atoms with Gasteiger partial charge in [-0.1, -0.05) is 19.1 Å². The van der Waals surface area contributed by atoms with Crippen LogP contribution in [0.25, 0.3) is 0 Å². The summed E-state index contributed by atoms with van der Waals surface area (Å²) in [5.41, 5.74) is 1.06. The molecule has 0 spiro atoms. The zero-order valence-corrected chi connectivity index (χ0v) is 11.0. The van der Waals surface area contributed by atoms with Crippen molar-refractivity contribution in [1.29, 1.82) is 0 Å². The van der Waals surface area contributed by atoms with Crippen LogP contribution in [0.2, 0.25) is 0 Å². The van der Waals surface area contributed by atoms with Gasteiger partial charge in [-0.2, -0.15) is 0 Å². The lowest BCUT2D eigenvalue weighted by molar-refractivity contribution is 0.0451. The van der Waals surface area contributed by atoms with E-state index in [-0.39, 0.29) is 6.04 Å². The van der Waals surface area contributed by atoms with E-state index in [1.165, 1.54) is 0 Å². The molecule has 1 fully saturated rings. The van der Waals surface area contributed by atoms with Gasteiger partial charge in [0.15, 0.2) is 5.69 Å². The lowest BCUT2D eigenvalue weighted by atomic mass is 10.2. The second kappa shape index (κ2) is 5.48. The quantitative estimate of drug-likeness (QED) is 0.758. The van der Waals surface area contributed by atoms with Crippen molar-refractivity contribution >= 4 is 5.97 Å². The predicted octanol–water partition coefficient (Wildman–Crippen LogP) is 1.36. The largest absolute Gasteiger partial charge is 0.461 e. The molecule has 0 aromatic carbocycles. The van der Waals surface area contributed by atoms with Gasteiger partial charge in [0.1, 0.15) is 0 Å². The van der Waals surface area contributed by atoms with Crippen LogP contribution < -0.4 is 0 Å². The number of aromatic nitrogens is 3. The van der Waals surface area contributed by atoms with Crippen LogP contribution in [-0.4, -0.2) is 40.8 Å². The molecule has 1 unspecified atom stereocenters. The normalized spacial score (nSPS) is 19.4. The number of esters is 1. The summed E-state index contributed by atoms with van der Waals surface area (Å²) in [5, 5.41) is 7.95. The van der Waals surface area contributed by atoms with Gasteiger partial charge in [-0.05, 0) is 19.3 Å². The van der Waals surface area contributed by atoms with Crippen LogP contribution in [0.5, 0.6) is 0 Å². The number of hydrogen-bond acceptors (Lipinski definition) is 5. The van der Waals surface area contributed by atoms with E-state index < -0.39 is 5.97 Å². The average molecular weight is 253 g/mol. The SMILES string of the molecule is Cc1c(C(=O)OCC(C)C)nnn1C1CCOC1. The minimum Gasteiger partial charge on any atom is -0.461 e. The molecule has 2 heterocycles. The smallest absolute Gasteiger partial charge is 0.360 e. The lowest BCUT2D eigenvalue weighted by Gasteiger charge is -2.09. The summed E-state index contributed by atoms with van der Waals surface area (Å²) in [4.78, 5) is 11.8. The summed E-state index contributed by atoms with van der Waals surface area (Å²) in [7, 11) is 0. The first-order valence-electron chi connectivity index (χ1n) is 6.26. The average Bonchev–Trinajstić information content (AvgIpc) is 2.94. The van der Waals surface area contributed by atoms with Crippen LogP contribution in [0, 0.1) is 12.8 Å². The minimum absolute atomic E-state index is 0.184. The summed E-state index contributed by atoms with van der Waals surface area (Å²) in [5.74, 6) is -0.0844. The van der Waals surface area contributed by atoms with E-state index in [4.69, 9.17) is 9.47 Å². The van der Waals surface area contributed by atoms with Gasteiger partial charge >= 0.3 is 5.97 Å². The molecule has 1 atom stereocenters. The minimum atomic E-state index is -0.397. The van der Waals surface area contributed by atoms with E-state index in [2.05, 4.69) is 10.3 Å². The molecule has 6 heteroatoms. The Kier molecular flexibility index (Phi) is 3.96. The van der Waals surface area contributed by atoms with Crippen molar-refractivity contribution < 1.29 is 14.3 Å². The standard InChI is InChI=1S/C12H19N3O3/c1-8(2)6-18-12(16)11-9(3)15(14-13-11)10-4-5-17-7-10/h8,10H,4-7H2,1-3H3. The summed E-state index contributed by atoms with van der Waals surface area (Å²) in [6, 6.07) is 0.184. The zero-order valence-electron chi connectivity index (χ0n) is 11.0. The number of ether oxygens (including phenoxy) is 2. The topological polar surface area (TPSA) is 66.2 Å². The molecular formula is C12H19N3O3. The van der Waals surface area contributed by atoms with Gasteiger partial charge in [0.2, 0.25) is 0 Å². The molecule has 1 aromatic rings. The van der Waals surface area contributed by atoms with Crippen LogP contribution in [0.4, 0.5) is 0 Å². The van der Waals surface area contributed by atoms with Crippen molar-refractivity contribution in [3.63, 3.8) is 0 Å². The van der Waals surface area contributed by atoms with Crippen LogP contribution in [0.1, 0.15) is 42.5 Å². The van der Waals surface area contributed by atoms with Crippen molar-refractivity contribution in [2.24, 2.45) is 5.92 Å². The van der Waals surface area contributed by atoms with E-state index >= 15 is 0 Å². The fraction of sp³-hybridized carbons (Fsp3) is 0.750. The molecule has 1 aliphatic rings. The molecule has 1 saturated heterocycles. The number of nitrogens with zero attached hydrogens (tertiary/aromatic N) is 3. The van der Waals surface area contributed by atoms with Crippen LogP contribution in [0.15, 0.2) is 0 Å². The number of hydrogen-bond donors (Lipinski definition) is 0. The fourth-order valence-corrected chi connectivity index (χ4v) is 1.90. The Morgan fingerprint density at radius 1 is 1.61 bits per heavy atom. The van der Waals surface area contributed by atoms with E-state index in [1.54, 1.807) is 4.68 Å². The lowest BCUT2D eigenvalue weighted by Crippen LogP contribution is -2.14. The molecule has 2 rings (SSSR count). The Morgan fingerprint density at radius 2 is 2.39 bits per heavy atom. The third-order valence-corrected chi connectivity index (χ3v) is 2.92. The highest BCUT2D eigenvalue weighted by Crippen LogP contribution is 2.20. The maximum absolute atomic E-state index is 11.8. The van der Waals surface area contributed by atoms with Crippen molar-refractivity contribution in [3.05, 3.63) is 11.4 Å². The van der Waals surface area contributed by atoms with Gasteiger partial charge < -0.3 is 9.47 Å². The van der Waals surface area contributed by atoms with Gasteiger partial charge in [-0.15, -0.1) is 5.10 Å². The second-order valence-electron chi connectivity index (χ2n) is 4.98. The maximum atomic E-state index is 11.8. The molecule has 100 valence electrons.